The number of hydrogen-bond acceptors (Lipinski definition) is 3. The van der Waals surface area contributed by atoms with Crippen LogP contribution in [0.5, 0.6) is 0 Å². The molecule has 1 unspecified atom stereocenters. The first-order valence-electron chi connectivity index (χ1n) is 7.87. The van der Waals surface area contributed by atoms with Crippen LogP contribution in [0.15, 0.2) is 27.0 Å². The van der Waals surface area contributed by atoms with E-state index >= 15 is 0 Å². The minimum Gasteiger partial charge on any atom is -0.466 e. The Bertz CT molecular complexity index is 621. The third-order valence-corrected chi connectivity index (χ3v) is 4.32. The maximum atomic E-state index is 5.88. The van der Waals surface area contributed by atoms with E-state index in [4.69, 9.17) is 8.83 Å². The summed E-state index contributed by atoms with van der Waals surface area (Å²) >= 11 is 0. The molecule has 114 valence electrons. The Morgan fingerprint density at radius 1 is 1.24 bits per heavy atom. The van der Waals surface area contributed by atoms with Gasteiger partial charge in [0, 0.05) is 24.4 Å². The second-order valence-electron chi connectivity index (χ2n) is 6.94. The van der Waals surface area contributed by atoms with E-state index in [-0.39, 0.29) is 5.41 Å². The SMILES string of the molecule is CCc1ccc(CNC2CC(C)(C)Cc3oc(C)cc32)o1. The Hall–Kier alpha value is -1.48. The zero-order valence-corrected chi connectivity index (χ0v) is 13.5. The molecule has 0 bridgehead atoms. The Morgan fingerprint density at radius 3 is 2.71 bits per heavy atom. The molecular formula is C18H25NO2. The average Bonchev–Trinajstić information content (AvgIpc) is 3.00. The molecule has 0 amide bonds. The molecule has 0 saturated heterocycles. The first-order chi connectivity index (χ1) is 9.97. The first kappa shape index (κ1) is 14.5. The summed E-state index contributed by atoms with van der Waals surface area (Å²) in [6, 6.07) is 6.66. The summed E-state index contributed by atoms with van der Waals surface area (Å²) in [5.41, 5.74) is 1.60. The van der Waals surface area contributed by atoms with Crippen LogP contribution in [0.4, 0.5) is 0 Å². The molecule has 0 spiro atoms. The van der Waals surface area contributed by atoms with Crippen molar-refractivity contribution in [3.05, 3.63) is 46.8 Å². The van der Waals surface area contributed by atoms with Crippen LogP contribution >= 0.6 is 0 Å². The first-order valence-corrected chi connectivity index (χ1v) is 7.87. The summed E-state index contributed by atoms with van der Waals surface area (Å²) in [5, 5.41) is 3.65. The molecule has 0 saturated carbocycles. The van der Waals surface area contributed by atoms with Gasteiger partial charge in [-0.1, -0.05) is 20.8 Å². The summed E-state index contributed by atoms with van der Waals surface area (Å²) < 4.78 is 11.7. The molecule has 0 aromatic carbocycles. The molecule has 21 heavy (non-hydrogen) atoms. The van der Waals surface area contributed by atoms with E-state index in [0.29, 0.717) is 6.04 Å². The summed E-state index contributed by atoms with van der Waals surface area (Å²) in [5.74, 6) is 4.22. The third-order valence-electron chi connectivity index (χ3n) is 4.32. The van der Waals surface area contributed by atoms with Gasteiger partial charge in [-0.3, -0.25) is 0 Å². The molecule has 0 radical (unpaired) electrons. The standard InChI is InChI=1S/C18H25NO2/c1-5-13-6-7-14(21-13)11-19-16-9-18(3,4)10-17-15(16)8-12(2)20-17/h6-8,16,19H,5,9-11H2,1-4H3. The van der Waals surface area contributed by atoms with Crippen LogP contribution in [0.2, 0.25) is 0 Å². The van der Waals surface area contributed by atoms with E-state index in [1.807, 2.05) is 6.92 Å². The van der Waals surface area contributed by atoms with Crippen molar-refractivity contribution in [2.24, 2.45) is 5.41 Å². The van der Waals surface area contributed by atoms with Gasteiger partial charge in [0.2, 0.25) is 0 Å². The van der Waals surface area contributed by atoms with Crippen molar-refractivity contribution in [2.45, 2.75) is 59.5 Å². The van der Waals surface area contributed by atoms with Gasteiger partial charge in [-0.15, -0.1) is 0 Å². The fourth-order valence-electron chi connectivity index (χ4n) is 3.30. The maximum Gasteiger partial charge on any atom is 0.117 e. The molecule has 3 nitrogen and oxygen atoms in total. The molecule has 1 N–H and O–H groups in total. The molecule has 2 heterocycles. The molecule has 3 rings (SSSR count). The second kappa shape index (κ2) is 5.38. The number of rotatable bonds is 4. The Labute approximate surface area is 126 Å². The number of furan rings is 2. The van der Waals surface area contributed by atoms with E-state index in [1.54, 1.807) is 0 Å². The Balaban J connectivity index is 1.75. The highest BCUT2D eigenvalue weighted by Gasteiger charge is 2.34. The van der Waals surface area contributed by atoms with Crippen molar-refractivity contribution in [3.8, 4) is 0 Å². The van der Waals surface area contributed by atoms with Crippen molar-refractivity contribution in [3.63, 3.8) is 0 Å². The predicted octanol–water partition coefficient (Wildman–Crippen LogP) is 4.55. The number of fused-ring (bicyclic) bond motifs is 1. The molecule has 0 aliphatic heterocycles. The molecule has 3 heteroatoms. The molecular weight excluding hydrogens is 262 g/mol. The second-order valence-corrected chi connectivity index (χ2v) is 6.94. The van der Waals surface area contributed by atoms with Crippen LogP contribution in [0.25, 0.3) is 0 Å². The van der Waals surface area contributed by atoms with Gasteiger partial charge < -0.3 is 14.2 Å². The van der Waals surface area contributed by atoms with Crippen LogP contribution in [-0.2, 0) is 19.4 Å². The normalized spacial score (nSPS) is 20.5. The topological polar surface area (TPSA) is 38.3 Å². The lowest BCUT2D eigenvalue weighted by Crippen LogP contribution is -2.32. The van der Waals surface area contributed by atoms with Crippen LogP contribution in [0.1, 0.15) is 61.8 Å². The Kier molecular flexibility index (Phi) is 3.70. The van der Waals surface area contributed by atoms with Crippen molar-refractivity contribution < 1.29 is 8.83 Å². The number of nitrogens with one attached hydrogen (secondary N) is 1. The van der Waals surface area contributed by atoms with Gasteiger partial charge in [-0.2, -0.15) is 0 Å². The highest BCUT2D eigenvalue weighted by molar-refractivity contribution is 5.29. The third kappa shape index (κ3) is 3.08. The summed E-state index contributed by atoms with van der Waals surface area (Å²) in [7, 11) is 0. The number of hydrogen-bond donors (Lipinski definition) is 1. The van der Waals surface area contributed by atoms with Crippen molar-refractivity contribution in [1.29, 1.82) is 0 Å². The van der Waals surface area contributed by atoms with Gasteiger partial charge in [0.15, 0.2) is 0 Å². The van der Waals surface area contributed by atoms with Crippen LogP contribution < -0.4 is 5.32 Å². The van der Waals surface area contributed by atoms with E-state index in [2.05, 4.69) is 44.3 Å². The van der Waals surface area contributed by atoms with Crippen LogP contribution in [0.3, 0.4) is 0 Å². The zero-order valence-electron chi connectivity index (χ0n) is 13.5. The lowest BCUT2D eigenvalue weighted by Gasteiger charge is -2.34. The fraction of sp³-hybridized carbons (Fsp3) is 0.556. The summed E-state index contributed by atoms with van der Waals surface area (Å²) in [4.78, 5) is 0. The fourth-order valence-corrected chi connectivity index (χ4v) is 3.30. The molecule has 2 aromatic heterocycles. The molecule has 1 aliphatic carbocycles. The van der Waals surface area contributed by atoms with Gasteiger partial charge in [0.1, 0.15) is 23.0 Å². The molecule has 1 aliphatic rings. The predicted molar refractivity (Wildman–Crippen MR) is 83.2 cm³/mol. The highest BCUT2D eigenvalue weighted by Crippen LogP contribution is 2.42. The molecule has 2 aromatic rings. The van der Waals surface area contributed by atoms with E-state index < -0.39 is 0 Å². The lowest BCUT2D eigenvalue weighted by atomic mass is 9.74. The minimum absolute atomic E-state index is 0.271. The van der Waals surface area contributed by atoms with Gasteiger partial charge >= 0.3 is 0 Å². The van der Waals surface area contributed by atoms with Gasteiger partial charge in [-0.25, -0.2) is 0 Å². The van der Waals surface area contributed by atoms with Crippen molar-refractivity contribution in [1.82, 2.24) is 5.32 Å². The van der Waals surface area contributed by atoms with Crippen molar-refractivity contribution in [2.75, 3.05) is 0 Å². The van der Waals surface area contributed by atoms with E-state index in [9.17, 15) is 0 Å². The quantitative estimate of drug-likeness (QED) is 0.896. The van der Waals surface area contributed by atoms with Crippen molar-refractivity contribution >= 4 is 0 Å². The van der Waals surface area contributed by atoms with Crippen LogP contribution in [0, 0.1) is 12.3 Å². The van der Waals surface area contributed by atoms with Gasteiger partial charge in [-0.05, 0) is 37.0 Å². The summed E-state index contributed by atoms with van der Waals surface area (Å²) in [6.07, 6.45) is 3.09. The zero-order chi connectivity index (χ0) is 15.0. The largest absolute Gasteiger partial charge is 0.466 e. The molecule has 1 atom stereocenters. The van der Waals surface area contributed by atoms with Gasteiger partial charge in [0.25, 0.3) is 0 Å². The average molecular weight is 287 g/mol. The smallest absolute Gasteiger partial charge is 0.117 e. The highest BCUT2D eigenvalue weighted by atomic mass is 16.3. The van der Waals surface area contributed by atoms with Crippen LogP contribution in [-0.4, -0.2) is 0 Å². The molecule has 0 fully saturated rings. The van der Waals surface area contributed by atoms with E-state index in [1.165, 1.54) is 5.56 Å². The summed E-state index contributed by atoms with van der Waals surface area (Å²) in [6.45, 7) is 9.53. The number of aryl methyl sites for hydroxylation is 2. The Morgan fingerprint density at radius 2 is 2.00 bits per heavy atom. The van der Waals surface area contributed by atoms with E-state index in [0.717, 1.165) is 48.8 Å². The maximum absolute atomic E-state index is 5.88. The van der Waals surface area contributed by atoms with Gasteiger partial charge in [0.05, 0.1) is 6.54 Å². The minimum atomic E-state index is 0.271. The lowest BCUT2D eigenvalue weighted by molar-refractivity contribution is 0.231. The monoisotopic (exact) mass is 287 g/mol.